The molecule has 4 rings (SSSR count). The van der Waals surface area contributed by atoms with Crippen LogP contribution in [-0.4, -0.2) is 30.7 Å². The summed E-state index contributed by atoms with van der Waals surface area (Å²) in [6.45, 7) is 0.473. The van der Waals surface area contributed by atoms with Crippen molar-refractivity contribution in [3.8, 4) is 0 Å². The second-order valence-corrected chi connectivity index (χ2v) is 9.34. The van der Waals surface area contributed by atoms with Crippen molar-refractivity contribution in [1.29, 1.82) is 0 Å². The topological polar surface area (TPSA) is 63.7 Å². The fourth-order valence-corrected chi connectivity index (χ4v) is 5.64. The second kappa shape index (κ2) is 8.81. The Balaban J connectivity index is 1.66. The highest BCUT2D eigenvalue weighted by molar-refractivity contribution is 7.92. The molecule has 0 spiro atoms. The SMILES string of the molecule is O=C1C[C@H](OCc2ccccc2)[C@H](S(=O)(=O)c2ccccc2)N1Cc1ccccc1. The van der Waals surface area contributed by atoms with Crippen LogP contribution in [0.2, 0.25) is 0 Å². The van der Waals surface area contributed by atoms with Crippen LogP contribution in [0.25, 0.3) is 0 Å². The zero-order valence-electron chi connectivity index (χ0n) is 16.4. The lowest BCUT2D eigenvalue weighted by Crippen LogP contribution is -2.43. The van der Waals surface area contributed by atoms with E-state index >= 15 is 0 Å². The van der Waals surface area contributed by atoms with E-state index in [1.165, 1.54) is 4.90 Å². The van der Waals surface area contributed by atoms with E-state index in [2.05, 4.69) is 0 Å². The third-order valence-corrected chi connectivity index (χ3v) is 7.34. The molecule has 3 aromatic rings. The number of ether oxygens (including phenoxy) is 1. The van der Waals surface area contributed by atoms with Crippen molar-refractivity contribution in [2.75, 3.05) is 0 Å². The molecule has 0 aromatic heterocycles. The molecule has 154 valence electrons. The fraction of sp³-hybridized carbons (Fsp3) is 0.208. The number of hydrogen-bond acceptors (Lipinski definition) is 4. The molecule has 0 bridgehead atoms. The second-order valence-electron chi connectivity index (χ2n) is 7.30. The van der Waals surface area contributed by atoms with Crippen LogP contribution in [0.4, 0.5) is 0 Å². The predicted molar refractivity (Wildman–Crippen MR) is 114 cm³/mol. The van der Waals surface area contributed by atoms with E-state index in [-0.39, 0.29) is 30.4 Å². The average Bonchev–Trinajstić information content (AvgIpc) is 3.10. The average molecular weight is 422 g/mol. The van der Waals surface area contributed by atoms with Crippen LogP contribution in [0.1, 0.15) is 17.5 Å². The Bertz CT molecular complexity index is 1090. The van der Waals surface area contributed by atoms with Gasteiger partial charge in [0, 0.05) is 6.54 Å². The minimum absolute atomic E-state index is 0.0381. The summed E-state index contributed by atoms with van der Waals surface area (Å²) in [5.74, 6) is -0.221. The number of likely N-dealkylation sites (tertiary alicyclic amines) is 1. The minimum atomic E-state index is -3.81. The Kier molecular flexibility index (Phi) is 5.97. The normalized spacial score (nSPS) is 19.2. The van der Waals surface area contributed by atoms with Gasteiger partial charge in [-0.15, -0.1) is 0 Å². The monoisotopic (exact) mass is 421 g/mol. The van der Waals surface area contributed by atoms with Gasteiger partial charge in [0.2, 0.25) is 15.7 Å². The molecule has 0 radical (unpaired) electrons. The Labute approximate surface area is 176 Å². The maximum absolute atomic E-state index is 13.5. The first-order chi connectivity index (χ1) is 14.6. The number of carbonyl (C=O) groups is 1. The molecule has 1 aliphatic heterocycles. The molecular weight excluding hydrogens is 398 g/mol. The van der Waals surface area contributed by atoms with Crippen molar-refractivity contribution in [3.63, 3.8) is 0 Å². The highest BCUT2D eigenvalue weighted by Gasteiger charge is 2.48. The molecule has 1 saturated heterocycles. The molecule has 1 aliphatic rings. The van der Waals surface area contributed by atoms with Gasteiger partial charge in [-0.05, 0) is 23.3 Å². The summed E-state index contributed by atoms with van der Waals surface area (Å²) in [6, 6.07) is 27.2. The van der Waals surface area contributed by atoms with Crippen molar-refractivity contribution >= 4 is 15.7 Å². The minimum Gasteiger partial charge on any atom is -0.370 e. The maximum Gasteiger partial charge on any atom is 0.226 e. The molecule has 1 fully saturated rings. The first-order valence-electron chi connectivity index (χ1n) is 9.83. The largest absolute Gasteiger partial charge is 0.370 e. The van der Waals surface area contributed by atoms with Gasteiger partial charge in [-0.25, -0.2) is 8.42 Å². The molecule has 2 atom stereocenters. The van der Waals surface area contributed by atoms with Gasteiger partial charge in [-0.1, -0.05) is 78.9 Å². The maximum atomic E-state index is 13.5. The molecule has 1 heterocycles. The number of hydrogen-bond donors (Lipinski definition) is 0. The molecule has 5 nitrogen and oxygen atoms in total. The molecule has 0 unspecified atom stereocenters. The van der Waals surface area contributed by atoms with Gasteiger partial charge in [0.05, 0.1) is 17.9 Å². The Morgan fingerprint density at radius 3 is 1.93 bits per heavy atom. The van der Waals surface area contributed by atoms with Gasteiger partial charge in [0.25, 0.3) is 0 Å². The van der Waals surface area contributed by atoms with Crippen LogP contribution in [0.3, 0.4) is 0 Å². The number of benzene rings is 3. The van der Waals surface area contributed by atoms with Gasteiger partial charge >= 0.3 is 0 Å². The lowest BCUT2D eigenvalue weighted by Gasteiger charge is -2.28. The van der Waals surface area contributed by atoms with Crippen molar-refractivity contribution in [3.05, 3.63) is 102 Å². The molecule has 0 saturated carbocycles. The third-order valence-electron chi connectivity index (χ3n) is 5.21. The number of amides is 1. The summed E-state index contributed by atoms with van der Waals surface area (Å²) in [4.78, 5) is 14.5. The fourth-order valence-electron chi connectivity index (χ4n) is 3.73. The van der Waals surface area contributed by atoms with Crippen LogP contribution in [0.15, 0.2) is 95.9 Å². The van der Waals surface area contributed by atoms with Crippen LogP contribution < -0.4 is 0 Å². The highest BCUT2D eigenvalue weighted by atomic mass is 32.2. The number of nitrogens with zero attached hydrogens (tertiary/aromatic N) is 1. The van der Waals surface area contributed by atoms with E-state index < -0.39 is 21.3 Å². The highest BCUT2D eigenvalue weighted by Crippen LogP contribution is 2.32. The van der Waals surface area contributed by atoms with Gasteiger partial charge < -0.3 is 9.64 Å². The molecule has 30 heavy (non-hydrogen) atoms. The summed E-state index contributed by atoms with van der Waals surface area (Å²) in [5.41, 5.74) is 1.81. The number of sulfone groups is 1. The first-order valence-corrected chi connectivity index (χ1v) is 11.4. The summed E-state index contributed by atoms with van der Waals surface area (Å²) in [6.07, 6.45) is -0.706. The summed E-state index contributed by atoms with van der Waals surface area (Å²) in [7, 11) is -3.81. The quantitative estimate of drug-likeness (QED) is 0.582. The van der Waals surface area contributed by atoms with Crippen molar-refractivity contribution in [2.45, 2.75) is 35.9 Å². The van der Waals surface area contributed by atoms with E-state index in [1.807, 2.05) is 60.7 Å². The van der Waals surface area contributed by atoms with Crippen LogP contribution in [-0.2, 0) is 32.5 Å². The van der Waals surface area contributed by atoms with Crippen LogP contribution >= 0.6 is 0 Å². The van der Waals surface area contributed by atoms with Crippen molar-refractivity contribution in [1.82, 2.24) is 4.90 Å². The van der Waals surface area contributed by atoms with Gasteiger partial charge in [-0.2, -0.15) is 0 Å². The van der Waals surface area contributed by atoms with Crippen LogP contribution in [0.5, 0.6) is 0 Å². The molecule has 3 aromatic carbocycles. The number of rotatable bonds is 7. The van der Waals surface area contributed by atoms with E-state index in [4.69, 9.17) is 4.74 Å². The van der Waals surface area contributed by atoms with Crippen molar-refractivity contribution < 1.29 is 17.9 Å². The van der Waals surface area contributed by atoms with Gasteiger partial charge in [0.1, 0.15) is 6.10 Å². The number of carbonyl (C=O) groups excluding carboxylic acids is 1. The molecule has 0 N–H and O–H groups in total. The Morgan fingerprint density at radius 1 is 0.800 bits per heavy atom. The van der Waals surface area contributed by atoms with E-state index in [0.717, 1.165) is 11.1 Å². The standard InChI is InChI=1S/C24H23NO4S/c26-23-16-22(29-18-20-12-6-2-7-13-20)24(25(23)17-19-10-4-1-5-11-19)30(27,28)21-14-8-3-9-15-21/h1-15,22,24H,16-18H2/t22-,24-/m0/s1. The predicted octanol–water partition coefficient (Wildman–Crippen LogP) is 3.80. The third kappa shape index (κ3) is 4.30. The summed E-state index contributed by atoms with van der Waals surface area (Å²) >= 11 is 0. The van der Waals surface area contributed by atoms with Gasteiger partial charge in [0.15, 0.2) is 5.37 Å². The lowest BCUT2D eigenvalue weighted by atomic mass is 10.2. The first kappa shape index (κ1) is 20.3. The summed E-state index contributed by atoms with van der Waals surface area (Å²) < 4.78 is 33.1. The van der Waals surface area contributed by atoms with Gasteiger partial charge in [-0.3, -0.25) is 4.79 Å². The molecule has 1 amide bonds. The zero-order valence-corrected chi connectivity index (χ0v) is 17.2. The van der Waals surface area contributed by atoms with Crippen LogP contribution in [0, 0.1) is 0 Å². The Morgan fingerprint density at radius 2 is 1.33 bits per heavy atom. The Hall–Kier alpha value is -2.96. The zero-order chi connectivity index (χ0) is 21.0. The smallest absolute Gasteiger partial charge is 0.226 e. The van der Waals surface area contributed by atoms with E-state index in [1.54, 1.807) is 30.3 Å². The van der Waals surface area contributed by atoms with E-state index in [0.29, 0.717) is 0 Å². The van der Waals surface area contributed by atoms with Crippen molar-refractivity contribution in [2.24, 2.45) is 0 Å². The summed E-state index contributed by atoms with van der Waals surface area (Å²) in [5, 5.41) is -1.07. The molecule has 6 heteroatoms. The lowest BCUT2D eigenvalue weighted by molar-refractivity contribution is -0.128. The van der Waals surface area contributed by atoms with E-state index in [9.17, 15) is 13.2 Å². The molecular formula is C24H23NO4S. The molecule has 0 aliphatic carbocycles.